The quantitative estimate of drug-likeness (QED) is 0.745. The summed E-state index contributed by atoms with van der Waals surface area (Å²) in [6.45, 7) is 6.97. The summed E-state index contributed by atoms with van der Waals surface area (Å²) in [4.78, 5) is 0. The minimum Gasteiger partial charge on any atom is -0.277 e. The standard InChI is InChI=1S/C13H17N5Si/c1-19(2,3)9-18-8-12(15-17-18)11-6-4-5-10-7-14-16-13(10)11/h4-8H,9H2,1-3H3,(H,14,16). The maximum atomic E-state index is 4.29. The molecule has 0 unspecified atom stereocenters. The van der Waals surface area contributed by atoms with E-state index in [1.165, 1.54) is 0 Å². The largest absolute Gasteiger partial charge is 0.277 e. The van der Waals surface area contributed by atoms with E-state index in [1.807, 2.05) is 35.3 Å². The van der Waals surface area contributed by atoms with Gasteiger partial charge in [0, 0.05) is 17.1 Å². The van der Waals surface area contributed by atoms with Gasteiger partial charge in [-0.05, 0) is 0 Å². The highest BCUT2D eigenvalue weighted by atomic mass is 28.3. The van der Waals surface area contributed by atoms with E-state index in [1.54, 1.807) is 0 Å². The van der Waals surface area contributed by atoms with E-state index >= 15 is 0 Å². The van der Waals surface area contributed by atoms with Gasteiger partial charge < -0.3 is 0 Å². The fraction of sp³-hybridized carbons (Fsp3) is 0.308. The summed E-state index contributed by atoms with van der Waals surface area (Å²) >= 11 is 0. The SMILES string of the molecule is C[Si](C)(C)Cn1cc(-c2cccc3cn[nH]c23)nn1. The van der Waals surface area contributed by atoms with E-state index in [0.717, 1.165) is 28.3 Å². The predicted octanol–water partition coefficient (Wildman–Crippen LogP) is 2.70. The smallest absolute Gasteiger partial charge is 0.115 e. The van der Waals surface area contributed by atoms with Crippen LogP contribution >= 0.6 is 0 Å². The highest BCUT2D eigenvalue weighted by Gasteiger charge is 2.16. The van der Waals surface area contributed by atoms with Crippen LogP contribution in [0.2, 0.25) is 19.6 Å². The summed E-state index contributed by atoms with van der Waals surface area (Å²) in [6.07, 6.45) is 4.83. The Morgan fingerprint density at radius 2 is 2.11 bits per heavy atom. The van der Waals surface area contributed by atoms with E-state index in [4.69, 9.17) is 0 Å². The molecule has 1 N–H and O–H groups in total. The molecule has 3 aromatic rings. The van der Waals surface area contributed by atoms with Crippen molar-refractivity contribution in [3.63, 3.8) is 0 Å². The Kier molecular flexibility index (Phi) is 2.74. The first-order valence-corrected chi connectivity index (χ1v) is 10.1. The molecule has 0 spiro atoms. The number of H-pyrrole nitrogens is 1. The number of nitrogens with zero attached hydrogens (tertiary/aromatic N) is 4. The highest BCUT2D eigenvalue weighted by Crippen LogP contribution is 2.24. The molecule has 0 amide bonds. The number of rotatable bonds is 3. The molecule has 98 valence electrons. The predicted molar refractivity (Wildman–Crippen MR) is 78.5 cm³/mol. The van der Waals surface area contributed by atoms with Crippen molar-refractivity contribution in [3.05, 3.63) is 30.6 Å². The van der Waals surface area contributed by atoms with Crippen molar-refractivity contribution >= 4 is 19.0 Å². The fourth-order valence-electron chi connectivity index (χ4n) is 2.17. The number of hydrogen-bond donors (Lipinski definition) is 1. The summed E-state index contributed by atoms with van der Waals surface area (Å²) in [7, 11) is -1.19. The van der Waals surface area contributed by atoms with Gasteiger partial charge in [0.2, 0.25) is 0 Å². The lowest BCUT2D eigenvalue weighted by Crippen LogP contribution is -2.28. The van der Waals surface area contributed by atoms with E-state index in [-0.39, 0.29) is 0 Å². The molecule has 0 saturated heterocycles. The lowest BCUT2D eigenvalue weighted by molar-refractivity contribution is 0.681. The molecule has 2 aromatic heterocycles. The number of nitrogens with one attached hydrogen (secondary N) is 1. The molecule has 2 heterocycles. The summed E-state index contributed by atoms with van der Waals surface area (Å²) < 4.78 is 1.96. The Morgan fingerprint density at radius 3 is 2.89 bits per heavy atom. The van der Waals surface area contributed by atoms with Crippen LogP contribution in [0.15, 0.2) is 30.6 Å². The van der Waals surface area contributed by atoms with Crippen LogP contribution in [0.25, 0.3) is 22.2 Å². The first-order valence-electron chi connectivity index (χ1n) is 6.35. The molecule has 0 atom stereocenters. The van der Waals surface area contributed by atoms with Crippen molar-refractivity contribution in [2.75, 3.05) is 0 Å². The van der Waals surface area contributed by atoms with Crippen molar-refractivity contribution in [2.45, 2.75) is 25.8 Å². The van der Waals surface area contributed by atoms with Gasteiger partial charge in [-0.25, -0.2) is 0 Å². The third-order valence-corrected chi connectivity index (χ3v) is 4.20. The van der Waals surface area contributed by atoms with E-state index < -0.39 is 8.07 Å². The average molecular weight is 271 g/mol. The lowest BCUT2D eigenvalue weighted by Gasteiger charge is -2.14. The van der Waals surface area contributed by atoms with Gasteiger partial charge in [-0.15, -0.1) is 5.10 Å². The zero-order chi connectivity index (χ0) is 13.5. The second-order valence-corrected chi connectivity index (χ2v) is 11.4. The van der Waals surface area contributed by atoms with Gasteiger partial charge in [-0.3, -0.25) is 9.78 Å². The molecule has 5 nitrogen and oxygen atoms in total. The second-order valence-electron chi connectivity index (χ2n) is 6.00. The van der Waals surface area contributed by atoms with Gasteiger partial charge in [0.15, 0.2) is 0 Å². The fourth-order valence-corrected chi connectivity index (χ4v) is 3.29. The average Bonchev–Trinajstić information content (AvgIpc) is 2.94. The van der Waals surface area contributed by atoms with Crippen molar-refractivity contribution < 1.29 is 0 Å². The third kappa shape index (κ3) is 2.44. The van der Waals surface area contributed by atoms with Crippen LogP contribution in [-0.4, -0.2) is 33.3 Å². The van der Waals surface area contributed by atoms with E-state index in [2.05, 4.69) is 40.2 Å². The number of benzene rings is 1. The molecular formula is C13H17N5Si. The minimum absolute atomic E-state index is 0.896. The Labute approximate surface area is 112 Å². The van der Waals surface area contributed by atoms with Crippen molar-refractivity contribution in [2.24, 2.45) is 0 Å². The topological polar surface area (TPSA) is 59.4 Å². The summed E-state index contributed by atoms with van der Waals surface area (Å²) in [6, 6.07) is 6.10. The van der Waals surface area contributed by atoms with Crippen molar-refractivity contribution in [1.82, 2.24) is 25.2 Å². The monoisotopic (exact) mass is 271 g/mol. The Balaban J connectivity index is 2.01. The molecular weight excluding hydrogens is 254 g/mol. The molecule has 0 saturated carbocycles. The highest BCUT2D eigenvalue weighted by molar-refractivity contribution is 6.74. The number of fused-ring (bicyclic) bond motifs is 1. The number of para-hydroxylation sites is 1. The van der Waals surface area contributed by atoms with Gasteiger partial charge in [0.25, 0.3) is 0 Å². The van der Waals surface area contributed by atoms with Gasteiger partial charge in [0.05, 0.1) is 26.0 Å². The van der Waals surface area contributed by atoms with Crippen LogP contribution < -0.4 is 0 Å². The second kappa shape index (κ2) is 4.31. The molecule has 0 aliphatic heterocycles. The number of aromatic amines is 1. The van der Waals surface area contributed by atoms with Crippen LogP contribution in [0.4, 0.5) is 0 Å². The molecule has 0 aliphatic rings. The van der Waals surface area contributed by atoms with Gasteiger partial charge in [-0.2, -0.15) is 5.10 Å². The summed E-state index contributed by atoms with van der Waals surface area (Å²) in [5.41, 5.74) is 2.97. The molecule has 0 fully saturated rings. The van der Waals surface area contributed by atoms with Crippen LogP contribution in [0, 0.1) is 0 Å². The van der Waals surface area contributed by atoms with Crippen LogP contribution in [0.3, 0.4) is 0 Å². The Hall–Kier alpha value is -1.95. The van der Waals surface area contributed by atoms with Crippen LogP contribution in [-0.2, 0) is 6.17 Å². The maximum absolute atomic E-state index is 4.29. The first kappa shape index (κ1) is 12.1. The Bertz CT molecular complexity index is 707. The zero-order valence-corrected chi connectivity index (χ0v) is 12.4. The van der Waals surface area contributed by atoms with Crippen molar-refractivity contribution in [3.8, 4) is 11.3 Å². The first-order chi connectivity index (χ1) is 9.03. The molecule has 0 radical (unpaired) electrons. The van der Waals surface area contributed by atoms with Crippen molar-refractivity contribution in [1.29, 1.82) is 0 Å². The normalized spacial score (nSPS) is 12.2. The van der Waals surface area contributed by atoms with E-state index in [0.29, 0.717) is 0 Å². The molecule has 6 heteroatoms. The molecule has 3 rings (SSSR count). The maximum Gasteiger partial charge on any atom is 0.115 e. The molecule has 0 bridgehead atoms. The van der Waals surface area contributed by atoms with Gasteiger partial charge >= 0.3 is 0 Å². The molecule has 0 aliphatic carbocycles. The molecule has 19 heavy (non-hydrogen) atoms. The van der Waals surface area contributed by atoms with E-state index in [9.17, 15) is 0 Å². The Morgan fingerprint density at radius 1 is 1.26 bits per heavy atom. The summed E-state index contributed by atoms with van der Waals surface area (Å²) in [5.74, 6) is 0. The number of hydrogen-bond acceptors (Lipinski definition) is 3. The number of aromatic nitrogens is 5. The lowest BCUT2D eigenvalue weighted by atomic mass is 10.1. The third-order valence-electron chi connectivity index (χ3n) is 2.93. The van der Waals surface area contributed by atoms with Gasteiger partial charge in [0.1, 0.15) is 5.69 Å². The van der Waals surface area contributed by atoms with Crippen LogP contribution in [0.1, 0.15) is 0 Å². The van der Waals surface area contributed by atoms with Crippen LogP contribution in [0.5, 0.6) is 0 Å². The minimum atomic E-state index is -1.19. The summed E-state index contributed by atoms with van der Waals surface area (Å²) in [5, 5.41) is 16.7. The molecule has 1 aromatic carbocycles. The van der Waals surface area contributed by atoms with Gasteiger partial charge in [-0.1, -0.05) is 43.1 Å². The zero-order valence-electron chi connectivity index (χ0n) is 11.4.